The Labute approximate surface area is 332 Å². The number of allylic oxidation sites excluding steroid dienone is 4. The zero-order valence-corrected chi connectivity index (χ0v) is 33.8. The van der Waals surface area contributed by atoms with Crippen LogP contribution in [0.25, 0.3) is 11.1 Å². The molecular formula is C48H58N2O6. The van der Waals surface area contributed by atoms with Crippen LogP contribution in [0.5, 0.6) is 11.5 Å². The van der Waals surface area contributed by atoms with Gasteiger partial charge in [-0.25, -0.2) is 4.79 Å². The van der Waals surface area contributed by atoms with Gasteiger partial charge < -0.3 is 29.9 Å². The standard InChI is InChI=1S/C48H58N2O6/c1-31(2)49-43(53)50(29-35-16-17-37(55-5)26-39(35)56-6)30-47(54)23-20-41-45(47,4)22-19-40-44(3)21-18-36(51)27-46(44)24-25-48(40,41)38(28-46)42(52)34-14-12-33(13-15-34)32-10-8-7-9-11-32/h7-17,24-26,28,31,36,40-41,51,54H,18-23,27,29-30H2,1-6H3,(H,49,53). The maximum absolute atomic E-state index is 15.2. The molecule has 8 atom stereocenters. The van der Waals surface area contributed by atoms with Gasteiger partial charge in [0.15, 0.2) is 5.78 Å². The number of carbonyl (C=O) groups is 2. The van der Waals surface area contributed by atoms with Gasteiger partial charge in [-0.05, 0) is 99.3 Å². The van der Waals surface area contributed by atoms with Gasteiger partial charge in [0.25, 0.3) is 0 Å². The van der Waals surface area contributed by atoms with Gasteiger partial charge in [0.05, 0.1) is 39.0 Å². The molecule has 9 rings (SSSR count). The molecule has 3 aromatic rings. The SMILES string of the molecule is COc1ccc(CN(CC2(O)CCC3C45C=CC6(C=C4C(=O)c4ccc(-c7ccccc7)cc4)CC(O)CCC6(C)C5CCC32C)C(=O)NC(C)C)c(OC)c1. The Morgan fingerprint density at radius 3 is 2.23 bits per heavy atom. The van der Waals surface area contributed by atoms with Gasteiger partial charge in [0.2, 0.25) is 0 Å². The van der Waals surface area contributed by atoms with Crippen molar-refractivity contribution in [3.8, 4) is 22.6 Å². The van der Waals surface area contributed by atoms with Crippen molar-refractivity contribution in [2.24, 2.45) is 33.5 Å². The number of nitrogens with one attached hydrogen (secondary N) is 1. The average molecular weight is 759 g/mol. The summed E-state index contributed by atoms with van der Waals surface area (Å²) in [7, 11) is 3.22. The van der Waals surface area contributed by atoms with Crippen LogP contribution in [0.3, 0.4) is 0 Å². The molecule has 3 N–H and O–H groups in total. The van der Waals surface area contributed by atoms with Crippen molar-refractivity contribution < 1.29 is 29.3 Å². The summed E-state index contributed by atoms with van der Waals surface area (Å²) >= 11 is 0. The second-order valence-corrected chi connectivity index (χ2v) is 18.2. The van der Waals surface area contributed by atoms with Crippen molar-refractivity contribution in [2.45, 2.75) is 96.9 Å². The highest BCUT2D eigenvalue weighted by Crippen LogP contribution is 2.78. The smallest absolute Gasteiger partial charge is 0.317 e. The second kappa shape index (κ2) is 13.9. The van der Waals surface area contributed by atoms with Gasteiger partial charge >= 0.3 is 6.03 Å². The van der Waals surface area contributed by atoms with E-state index < -0.39 is 27.9 Å². The topological polar surface area (TPSA) is 108 Å². The van der Waals surface area contributed by atoms with Crippen molar-refractivity contribution in [1.29, 1.82) is 0 Å². The summed E-state index contributed by atoms with van der Waals surface area (Å²) in [5.41, 5.74) is 1.47. The molecule has 8 nitrogen and oxygen atoms in total. The highest BCUT2D eigenvalue weighted by molar-refractivity contribution is 6.10. The van der Waals surface area contributed by atoms with E-state index in [-0.39, 0.29) is 48.2 Å². The molecule has 0 radical (unpaired) electrons. The molecule has 0 aromatic heterocycles. The number of urea groups is 1. The van der Waals surface area contributed by atoms with Crippen LogP contribution in [-0.2, 0) is 6.54 Å². The first-order valence-electron chi connectivity index (χ1n) is 20.5. The van der Waals surface area contributed by atoms with Crippen LogP contribution in [0.1, 0.15) is 88.6 Å². The molecule has 0 aliphatic heterocycles. The zero-order valence-electron chi connectivity index (χ0n) is 33.8. The Kier molecular flexibility index (Phi) is 9.56. The number of amides is 2. The van der Waals surface area contributed by atoms with Gasteiger partial charge in [-0.2, -0.15) is 0 Å². The molecular weight excluding hydrogens is 701 g/mol. The van der Waals surface area contributed by atoms with Gasteiger partial charge in [-0.15, -0.1) is 0 Å². The number of Topliss-reactive ketones (excluding diaryl/α,β-unsaturated/α-hetero) is 1. The number of hydrogen-bond donors (Lipinski definition) is 3. The number of methoxy groups -OCH3 is 2. The van der Waals surface area contributed by atoms with Crippen molar-refractivity contribution in [3.63, 3.8) is 0 Å². The molecule has 0 heterocycles. The largest absolute Gasteiger partial charge is 0.497 e. The van der Waals surface area contributed by atoms with Crippen LogP contribution in [0, 0.1) is 33.5 Å². The lowest BCUT2D eigenvalue weighted by Gasteiger charge is -2.71. The first-order chi connectivity index (χ1) is 26.7. The quantitative estimate of drug-likeness (QED) is 0.141. The average Bonchev–Trinajstić information content (AvgIpc) is 3.47. The molecule has 2 spiro atoms. The summed E-state index contributed by atoms with van der Waals surface area (Å²) in [5.74, 6) is 1.44. The van der Waals surface area contributed by atoms with E-state index in [0.29, 0.717) is 29.9 Å². The Balaban J connectivity index is 1.18. The van der Waals surface area contributed by atoms with Crippen LogP contribution >= 0.6 is 0 Å². The van der Waals surface area contributed by atoms with E-state index in [1.165, 1.54) is 0 Å². The number of benzene rings is 3. The lowest BCUT2D eigenvalue weighted by atomic mass is 9.32. The fourth-order valence-corrected chi connectivity index (χ4v) is 12.2. The third-order valence-corrected chi connectivity index (χ3v) is 15.2. The number of hydrogen-bond acceptors (Lipinski definition) is 6. The highest BCUT2D eigenvalue weighted by atomic mass is 16.5. The Morgan fingerprint density at radius 1 is 0.857 bits per heavy atom. The van der Waals surface area contributed by atoms with Crippen molar-refractivity contribution in [1.82, 2.24) is 10.2 Å². The van der Waals surface area contributed by atoms with Crippen LogP contribution < -0.4 is 14.8 Å². The Morgan fingerprint density at radius 2 is 1.54 bits per heavy atom. The highest BCUT2D eigenvalue weighted by Gasteiger charge is 2.74. The van der Waals surface area contributed by atoms with E-state index in [1.807, 2.05) is 74.5 Å². The van der Waals surface area contributed by atoms with E-state index in [1.54, 1.807) is 19.1 Å². The molecule has 3 fully saturated rings. The number of carbonyl (C=O) groups excluding carboxylic acids is 2. The monoisotopic (exact) mass is 758 g/mol. The molecule has 56 heavy (non-hydrogen) atoms. The van der Waals surface area contributed by atoms with Crippen molar-refractivity contribution >= 4 is 11.8 Å². The fourth-order valence-electron chi connectivity index (χ4n) is 12.2. The third kappa shape index (κ3) is 5.76. The molecule has 2 bridgehead atoms. The summed E-state index contributed by atoms with van der Waals surface area (Å²) in [5, 5.41) is 27.4. The van der Waals surface area contributed by atoms with E-state index in [9.17, 15) is 15.0 Å². The fraction of sp³-hybridized carbons (Fsp3) is 0.500. The number of rotatable bonds is 10. The third-order valence-electron chi connectivity index (χ3n) is 15.2. The Bertz CT molecular complexity index is 2060. The summed E-state index contributed by atoms with van der Waals surface area (Å²) in [6.45, 7) is 8.88. The number of aliphatic hydroxyl groups is 2. The number of ether oxygens (including phenoxy) is 2. The maximum Gasteiger partial charge on any atom is 0.317 e. The summed E-state index contributed by atoms with van der Waals surface area (Å²) in [6.07, 6.45) is 11.6. The molecule has 0 saturated heterocycles. The van der Waals surface area contributed by atoms with Gasteiger partial charge in [-0.1, -0.05) is 86.7 Å². The second-order valence-electron chi connectivity index (χ2n) is 18.2. The lowest BCUT2D eigenvalue weighted by molar-refractivity contribution is -0.174. The van der Waals surface area contributed by atoms with E-state index in [4.69, 9.17) is 9.47 Å². The molecule has 8 heteroatoms. The first-order valence-corrected chi connectivity index (χ1v) is 20.5. The normalized spacial score (nSPS) is 33.9. The van der Waals surface area contributed by atoms with E-state index >= 15 is 4.79 Å². The number of ketones is 1. The zero-order chi connectivity index (χ0) is 39.7. The summed E-state index contributed by atoms with van der Waals surface area (Å²) < 4.78 is 11.2. The van der Waals surface area contributed by atoms with Crippen LogP contribution in [0.4, 0.5) is 4.79 Å². The summed E-state index contributed by atoms with van der Waals surface area (Å²) in [4.78, 5) is 30.9. The number of aliphatic hydroxyl groups excluding tert-OH is 1. The van der Waals surface area contributed by atoms with Crippen LogP contribution in [0.2, 0.25) is 0 Å². The molecule has 8 unspecified atom stereocenters. The van der Waals surface area contributed by atoms with E-state index in [2.05, 4.69) is 49.5 Å². The first kappa shape index (κ1) is 38.5. The van der Waals surface area contributed by atoms with Crippen LogP contribution in [0.15, 0.2) is 96.6 Å². The predicted octanol–water partition coefficient (Wildman–Crippen LogP) is 8.76. The molecule has 3 saturated carbocycles. The molecule has 6 aliphatic rings. The van der Waals surface area contributed by atoms with Gasteiger partial charge in [0.1, 0.15) is 11.5 Å². The van der Waals surface area contributed by atoms with Crippen molar-refractivity contribution in [2.75, 3.05) is 20.8 Å². The minimum absolute atomic E-state index is 0.0321. The minimum Gasteiger partial charge on any atom is -0.497 e. The number of fused-ring (bicyclic) bond motifs is 1. The molecule has 2 amide bonds. The minimum atomic E-state index is -1.22. The molecule has 6 aliphatic carbocycles. The lowest BCUT2D eigenvalue weighted by Crippen LogP contribution is -2.67. The number of nitrogens with zero attached hydrogens (tertiary/aromatic N) is 1. The van der Waals surface area contributed by atoms with E-state index in [0.717, 1.165) is 54.4 Å². The van der Waals surface area contributed by atoms with Crippen molar-refractivity contribution in [3.05, 3.63) is 108 Å². The van der Waals surface area contributed by atoms with Gasteiger partial charge in [0, 0.05) is 45.1 Å². The van der Waals surface area contributed by atoms with Gasteiger partial charge in [-0.3, -0.25) is 4.79 Å². The predicted molar refractivity (Wildman–Crippen MR) is 218 cm³/mol. The maximum atomic E-state index is 15.2. The molecule has 3 aromatic carbocycles. The molecule has 296 valence electrons. The Hall–Kier alpha value is -4.40. The van der Waals surface area contributed by atoms with Crippen LogP contribution in [-0.4, -0.2) is 65.4 Å². The summed E-state index contributed by atoms with van der Waals surface area (Å²) in [6, 6.07) is 23.5.